The normalized spacial score (nSPS) is 18.1. The van der Waals surface area contributed by atoms with Crippen molar-refractivity contribution in [2.24, 2.45) is 0 Å². The number of amides is 2. The van der Waals surface area contributed by atoms with Crippen LogP contribution in [0.3, 0.4) is 0 Å². The minimum absolute atomic E-state index is 0.0611. The van der Waals surface area contributed by atoms with E-state index >= 15 is 0 Å². The SMILES string of the molecule is CC[N]C(=O)N1CCNCC1. The fraction of sp³-hybridized carbons (Fsp3) is 0.857. The van der Waals surface area contributed by atoms with Crippen molar-refractivity contribution in [2.75, 3.05) is 32.7 Å². The molecule has 11 heavy (non-hydrogen) atoms. The summed E-state index contributed by atoms with van der Waals surface area (Å²) in [4.78, 5) is 12.9. The van der Waals surface area contributed by atoms with Crippen LogP contribution in [0.2, 0.25) is 0 Å². The van der Waals surface area contributed by atoms with Crippen LogP contribution in [-0.4, -0.2) is 43.7 Å². The first-order valence-corrected chi connectivity index (χ1v) is 4.01. The van der Waals surface area contributed by atoms with E-state index in [4.69, 9.17) is 0 Å². The van der Waals surface area contributed by atoms with Crippen molar-refractivity contribution >= 4 is 6.03 Å². The Bertz CT molecular complexity index is 132. The van der Waals surface area contributed by atoms with Crippen LogP contribution in [0.5, 0.6) is 0 Å². The third kappa shape index (κ3) is 2.38. The number of hydrogen-bond acceptors (Lipinski definition) is 2. The molecule has 0 unspecified atom stereocenters. The number of nitrogens with one attached hydrogen (secondary N) is 1. The van der Waals surface area contributed by atoms with Crippen LogP contribution < -0.4 is 10.6 Å². The van der Waals surface area contributed by atoms with E-state index in [1.165, 1.54) is 0 Å². The van der Waals surface area contributed by atoms with Crippen LogP contribution in [0.25, 0.3) is 0 Å². The first-order chi connectivity index (χ1) is 5.34. The molecule has 0 aromatic carbocycles. The zero-order valence-electron chi connectivity index (χ0n) is 6.84. The number of rotatable bonds is 1. The molecule has 1 saturated heterocycles. The van der Waals surface area contributed by atoms with Crippen molar-refractivity contribution in [1.29, 1.82) is 0 Å². The van der Waals surface area contributed by atoms with E-state index in [0.717, 1.165) is 26.2 Å². The van der Waals surface area contributed by atoms with Crippen molar-refractivity contribution in [1.82, 2.24) is 15.5 Å². The lowest BCUT2D eigenvalue weighted by Crippen LogP contribution is -2.48. The minimum atomic E-state index is -0.0611. The fourth-order valence-electron chi connectivity index (χ4n) is 1.09. The highest BCUT2D eigenvalue weighted by atomic mass is 16.2. The summed E-state index contributed by atoms with van der Waals surface area (Å²) in [7, 11) is 0. The van der Waals surface area contributed by atoms with Crippen LogP contribution in [-0.2, 0) is 0 Å². The first kappa shape index (κ1) is 8.33. The Morgan fingerprint density at radius 2 is 2.18 bits per heavy atom. The van der Waals surface area contributed by atoms with Gasteiger partial charge in [0.05, 0.1) is 0 Å². The summed E-state index contributed by atoms with van der Waals surface area (Å²) in [5, 5.41) is 6.98. The van der Waals surface area contributed by atoms with E-state index in [1.807, 2.05) is 6.92 Å². The second-order valence-electron chi connectivity index (χ2n) is 2.49. The Morgan fingerprint density at radius 3 is 2.73 bits per heavy atom. The molecule has 0 aromatic rings. The molecular formula is C7H14N3O. The van der Waals surface area contributed by atoms with Gasteiger partial charge >= 0.3 is 6.03 Å². The molecule has 1 N–H and O–H groups in total. The summed E-state index contributed by atoms with van der Waals surface area (Å²) in [6.07, 6.45) is 0. The van der Waals surface area contributed by atoms with Crippen LogP contribution in [0.4, 0.5) is 4.79 Å². The van der Waals surface area contributed by atoms with Gasteiger partial charge in [0.2, 0.25) is 0 Å². The van der Waals surface area contributed by atoms with Crippen molar-refractivity contribution in [3.05, 3.63) is 0 Å². The molecule has 0 aliphatic carbocycles. The predicted octanol–water partition coefficient (Wildman–Crippen LogP) is -0.364. The lowest BCUT2D eigenvalue weighted by atomic mass is 10.4. The molecule has 1 radical (unpaired) electrons. The highest BCUT2D eigenvalue weighted by molar-refractivity contribution is 5.73. The van der Waals surface area contributed by atoms with Crippen LogP contribution in [0.15, 0.2) is 0 Å². The van der Waals surface area contributed by atoms with Gasteiger partial charge in [0.15, 0.2) is 0 Å². The molecule has 0 atom stereocenters. The maximum Gasteiger partial charge on any atom is 0.339 e. The van der Waals surface area contributed by atoms with Crippen LogP contribution in [0.1, 0.15) is 6.92 Å². The average Bonchev–Trinajstić information content (AvgIpc) is 2.07. The van der Waals surface area contributed by atoms with Gasteiger partial charge in [-0.2, -0.15) is 0 Å². The number of hydrogen-bond donors (Lipinski definition) is 1. The van der Waals surface area contributed by atoms with Gasteiger partial charge in [-0.25, -0.2) is 10.1 Å². The molecular weight excluding hydrogens is 142 g/mol. The van der Waals surface area contributed by atoms with E-state index in [2.05, 4.69) is 10.6 Å². The number of carbonyl (C=O) groups is 1. The summed E-state index contributed by atoms with van der Waals surface area (Å²) >= 11 is 0. The summed E-state index contributed by atoms with van der Waals surface area (Å²) in [5.41, 5.74) is 0. The molecule has 1 fully saturated rings. The Labute approximate surface area is 66.9 Å². The second kappa shape index (κ2) is 4.18. The smallest absolute Gasteiger partial charge is 0.321 e. The number of urea groups is 1. The molecule has 2 amide bonds. The Hall–Kier alpha value is -0.770. The Kier molecular flexibility index (Phi) is 3.16. The molecule has 4 heteroatoms. The summed E-state index contributed by atoms with van der Waals surface area (Å²) in [6.45, 7) is 5.84. The van der Waals surface area contributed by atoms with E-state index < -0.39 is 0 Å². The van der Waals surface area contributed by atoms with Gasteiger partial charge in [0.1, 0.15) is 0 Å². The molecule has 1 heterocycles. The molecule has 4 nitrogen and oxygen atoms in total. The zero-order valence-corrected chi connectivity index (χ0v) is 6.84. The monoisotopic (exact) mass is 156 g/mol. The van der Waals surface area contributed by atoms with Crippen molar-refractivity contribution in [2.45, 2.75) is 6.92 Å². The minimum Gasteiger partial charge on any atom is -0.321 e. The van der Waals surface area contributed by atoms with E-state index in [-0.39, 0.29) is 6.03 Å². The Balaban J connectivity index is 2.27. The van der Waals surface area contributed by atoms with Gasteiger partial charge in [-0.05, 0) is 6.92 Å². The molecule has 1 aliphatic heterocycles. The maximum absolute atomic E-state index is 11.1. The van der Waals surface area contributed by atoms with Crippen LogP contribution in [0, 0.1) is 0 Å². The summed E-state index contributed by atoms with van der Waals surface area (Å²) in [5.74, 6) is 0. The molecule has 0 saturated carbocycles. The number of nitrogens with zero attached hydrogens (tertiary/aromatic N) is 2. The topological polar surface area (TPSA) is 46.4 Å². The van der Waals surface area contributed by atoms with E-state index in [0.29, 0.717) is 6.54 Å². The zero-order chi connectivity index (χ0) is 8.10. The second-order valence-corrected chi connectivity index (χ2v) is 2.49. The Morgan fingerprint density at radius 1 is 1.55 bits per heavy atom. The quantitative estimate of drug-likeness (QED) is 0.563. The first-order valence-electron chi connectivity index (χ1n) is 4.01. The maximum atomic E-state index is 11.1. The molecule has 0 spiro atoms. The lowest BCUT2D eigenvalue weighted by Gasteiger charge is -2.26. The number of piperazine rings is 1. The van der Waals surface area contributed by atoms with E-state index in [9.17, 15) is 4.79 Å². The standard InChI is InChI=1S/C7H14N3O/c1-2-9-7(11)10-5-3-8-4-6-10/h8H,2-6H2,1H3. The van der Waals surface area contributed by atoms with Gasteiger partial charge < -0.3 is 10.2 Å². The van der Waals surface area contributed by atoms with Gasteiger partial charge in [0.25, 0.3) is 0 Å². The van der Waals surface area contributed by atoms with Gasteiger partial charge in [-0.15, -0.1) is 0 Å². The average molecular weight is 156 g/mol. The third-order valence-electron chi connectivity index (χ3n) is 1.68. The molecule has 0 bridgehead atoms. The van der Waals surface area contributed by atoms with Crippen molar-refractivity contribution in [3.63, 3.8) is 0 Å². The molecule has 1 rings (SSSR count). The molecule has 63 valence electrons. The molecule has 0 aromatic heterocycles. The van der Waals surface area contributed by atoms with Gasteiger partial charge in [-0.3, -0.25) is 0 Å². The fourth-order valence-corrected chi connectivity index (χ4v) is 1.09. The highest BCUT2D eigenvalue weighted by Gasteiger charge is 2.15. The molecule has 1 aliphatic rings. The van der Waals surface area contributed by atoms with Gasteiger partial charge in [0, 0.05) is 32.7 Å². The van der Waals surface area contributed by atoms with Gasteiger partial charge in [-0.1, -0.05) is 0 Å². The lowest BCUT2D eigenvalue weighted by molar-refractivity contribution is 0.190. The summed E-state index contributed by atoms with van der Waals surface area (Å²) < 4.78 is 0. The summed E-state index contributed by atoms with van der Waals surface area (Å²) in [6, 6.07) is -0.0611. The van der Waals surface area contributed by atoms with Crippen LogP contribution >= 0.6 is 0 Å². The van der Waals surface area contributed by atoms with Crippen molar-refractivity contribution in [3.8, 4) is 0 Å². The highest BCUT2D eigenvalue weighted by Crippen LogP contribution is 1.92. The van der Waals surface area contributed by atoms with Crippen molar-refractivity contribution < 1.29 is 4.79 Å². The third-order valence-corrected chi connectivity index (χ3v) is 1.68. The largest absolute Gasteiger partial charge is 0.339 e. The predicted molar refractivity (Wildman–Crippen MR) is 42.5 cm³/mol. The van der Waals surface area contributed by atoms with E-state index in [1.54, 1.807) is 4.90 Å². The number of carbonyl (C=O) groups excluding carboxylic acids is 1.